The summed E-state index contributed by atoms with van der Waals surface area (Å²) < 4.78 is 4.71. The lowest BCUT2D eigenvalue weighted by Gasteiger charge is -2.24. The van der Waals surface area contributed by atoms with E-state index >= 15 is 0 Å². The molecular weight excluding hydrogens is 293 g/mol. The van der Waals surface area contributed by atoms with Gasteiger partial charge in [0.15, 0.2) is 5.70 Å². The van der Waals surface area contributed by atoms with Crippen LogP contribution in [0.5, 0.6) is 0 Å². The third kappa shape index (κ3) is 7.54. The number of nitriles is 1. The maximum Gasteiger partial charge on any atom is 0.410 e. The molecule has 0 fully saturated rings. The number of nitrogens with one attached hydrogen (secondary N) is 1. The largest absolute Gasteiger partial charge is 0.444 e. The van der Waals surface area contributed by atoms with Gasteiger partial charge in [-0.2, -0.15) is 5.26 Å². The molecule has 0 atom stereocenters. The molecule has 19 heavy (non-hydrogen) atoms. The molecule has 0 radical (unpaired) electrons. The highest BCUT2D eigenvalue weighted by Crippen LogP contribution is 2.11. The van der Waals surface area contributed by atoms with Crippen molar-refractivity contribution in [2.24, 2.45) is 0 Å². The van der Waals surface area contributed by atoms with Gasteiger partial charge in [-0.25, -0.2) is 4.79 Å². The number of hydrogen-bond donors (Lipinski definition) is 1. The molecule has 0 bridgehead atoms. The lowest BCUT2D eigenvalue weighted by molar-refractivity contribution is -0.121. The Bertz CT molecular complexity index is 431. The molecule has 106 valence electrons. The molecule has 0 saturated carbocycles. The van der Waals surface area contributed by atoms with E-state index in [2.05, 4.69) is 5.32 Å². The summed E-state index contributed by atoms with van der Waals surface area (Å²) >= 11 is 10.8. The Hall–Kier alpha value is -1.45. The Labute approximate surface area is 121 Å². The molecule has 0 aromatic carbocycles. The van der Waals surface area contributed by atoms with Crippen LogP contribution in [0.3, 0.4) is 0 Å². The average molecular weight is 308 g/mol. The van der Waals surface area contributed by atoms with E-state index < -0.39 is 17.6 Å². The minimum Gasteiger partial charge on any atom is -0.444 e. The van der Waals surface area contributed by atoms with E-state index in [1.165, 1.54) is 7.05 Å². The second-order valence-electron chi connectivity index (χ2n) is 4.63. The number of halogens is 2. The van der Waals surface area contributed by atoms with Crippen LogP contribution < -0.4 is 5.32 Å². The standard InChI is InChI=1S/C11H15Cl2N3O3/c1-11(2,3)19-10(18)16(4)6-8(17)15-7(5-14)9(12)13/h6H2,1-4H3,(H,15,17). The lowest BCUT2D eigenvalue weighted by Crippen LogP contribution is -2.40. The van der Waals surface area contributed by atoms with E-state index in [9.17, 15) is 9.59 Å². The summed E-state index contributed by atoms with van der Waals surface area (Å²) in [6.07, 6.45) is -0.651. The maximum atomic E-state index is 11.6. The Morgan fingerprint density at radius 1 is 1.37 bits per heavy atom. The molecular formula is C11H15Cl2N3O3. The Kier molecular flexibility index (Phi) is 6.67. The fourth-order valence-electron chi connectivity index (χ4n) is 0.916. The smallest absolute Gasteiger partial charge is 0.410 e. The fourth-order valence-corrected chi connectivity index (χ4v) is 1.10. The molecule has 2 amide bonds. The number of rotatable bonds is 3. The van der Waals surface area contributed by atoms with Crippen LogP contribution in [0, 0.1) is 11.3 Å². The van der Waals surface area contributed by atoms with Crippen LogP contribution in [-0.4, -0.2) is 36.1 Å². The highest BCUT2D eigenvalue weighted by atomic mass is 35.5. The fraction of sp³-hybridized carbons (Fsp3) is 0.545. The monoisotopic (exact) mass is 307 g/mol. The van der Waals surface area contributed by atoms with Gasteiger partial charge in [0.2, 0.25) is 5.91 Å². The van der Waals surface area contributed by atoms with Gasteiger partial charge in [-0.1, -0.05) is 23.2 Å². The number of hydrogen-bond acceptors (Lipinski definition) is 4. The van der Waals surface area contributed by atoms with Crippen LogP contribution in [0.4, 0.5) is 4.79 Å². The molecule has 0 rings (SSSR count). The molecule has 0 aliphatic rings. The first-order valence-electron chi connectivity index (χ1n) is 5.26. The number of allylic oxidation sites excluding steroid dienone is 1. The molecule has 0 unspecified atom stereocenters. The predicted molar refractivity (Wildman–Crippen MR) is 71.4 cm³/mol. The number of likely N-dealkylation sites (N-methyl/N-ethyl adjacent to an activating group) is 1. The van der Waals surface area contributed by atoms with Gasteiger partial charge in [-0.15, -0.1) is 0 Å². The topological polar surface area (TPSA) is 82.4 Å². The molecule has 0 heterocycles. The van der Waals surface area contributed by atoms with Crippen molar-refractivity contribution >= 4 is 35.2 Å². The van der Waals surface area contributed by atoms with Crippen LogP contribution in [0.1, 0.15) is 20.8 Å². The van der Waals surface area contributed by atoms with Crippen molar-refractivity contribution in [3.63, 3.8) is 0 Å². The van der Waals surface area contributed by atoms with Crippen molar-refractivity contribution < 1.29 is 14.3 Å². The predicted octanol–water partition coefficient (Wildman–Crippen LogP) is 2.14. The quantitative estimate of drug-likeness (QED) is 0.810. The number of amides is 2. The van der Waals surface area contributed by atoms with E-state index in [0.29, 0.717) is 0 Å². The van der Waals surface area contributed by atoms with E-state index in [1.807, 2.05) is 0 Å². The minimum atomic E-state index is -0.654. The van der Waals surface area contributed by atoms with Crippen LogP contribution in [0.2, 0.25) is 0 Å². The zero-order chi connectivity index (χ0) is 15.2. The molecule has 0 spiro atoms. The highest BCUT2D eigenvalue weighted by molar-refractivity contribution is 6.56. The highest BCUT2D eigenvalue weighted by Gasteiger charge is 2.21. The maximum absolute atomic E-state index is 11.6. The zero-order valence-electron chi connectivity index (χ0n) is 11.1. The van der Waals surface area contributed by atoms with Gasteiger partial charge >= 0.3 is 6.09 Å². The number of nitrogens with zero attached hydrogens (tertiary/aromatic N) is 2. The summed E-state index contributed by atoms with van der Waals surface area (Å²) in [5.41, 5.74) is -0.926. The van der Waals surface area contributed by atoms with Crippen molar-refractivity contribution in [2.75, 3.05) is 13.6 Å². The van der Waals surface area contributed by atoms with Crippen LogP contribution in [-0.2, 0) is 9.53 Å². The van der Waals surface area contributed by atoms with E-state index in [-0.39, 0.29) is 16.7 Å². The first-order valence-corrected chi connectivity index (χ1v) is 6.01. The van der Waals surface area contributed by atoms with Crippen molar-refractivity contribution in [3.8, 4) is 6.07 Å². The molecule has 0 aliphatic carbocycles. The van der Waals surface area contributed by atoms with E-state index in [0.717, 1.165) is 4.90 Å². The van der Waals surface area contributed by atoms with Crippen LogP contribution in [0.15, 0.2) is 10.2 Å². The summed E-state index contributed by atoms with van der Waals surface area (Å²) in [6.45, 7) is 4.84. The summed E-state index contributed by atoms with van der Waals surface area (Å²) in [7, 11) is 1.39. The molecule has 0 aromatic rings. The first kappa shape index (κ1) is 17.6. The van der Waals surface area contributed by atoms with E-state index in [4.69, 9.17) is 33.2 Å². The van der Waals surface area contributed by atoms with Crippen LogP contribution in [0.25, 0.3) is 0 Å². The first-order chi connectivity index (χ1) is 8.56. The van der Waals surface area contributed by atoms with Gasteiger partial charge in [-0.05, 0) is 20.8 Å². The minimum absolute atomic E-state index is 0.272. The van der Waals surface area contributed by atoms with Gasteiger partial charge in [0.05, 0.1) is 0 Å². The zero-order valence-corrected chi connectivity index (χ0v) is 12.6. The molecule has 1 N–H and O–H groups in total. The second-order valence-corrected chi connectivity index (χ2v) is 5.58. The Morgan fingerprint density at radius 2 is 1.89 bits per heavy atom. The van der Waals surface area contributed by atoms with Crippen molar-refractivity contribution in [3.05, 3.63) is 10.2 Å². The van der Waals surface area contributed by atoms with Crippen molar-refractivity contribution in [1.82, 2.24) is 10.2 Å². The van der Waals surface area contributed by atoms with Gasteiger partial charge < -0.3 is 15.0 Å². The van der Waals surface area contributed by atoms with Gasteiger partial charge in [-0.3, -0.25) is 4.79 Å². The van der Waals surface area contributed by atoms with Crippen molar-refractivity contribution in [2.45, 2.75) is 26.4 Å². The number of carbonyl (C=O) groups excluding carboxylic acids is 2. The molecule has 8 heteroatoms. The van der Waals surface area contributed by atoms with Gasteiger partial charge in [0, 0.05) is 7.05 Å². The van der Waals surface area contributed by atoms with E-state index in [1.54, 1.807) is 26.8 Å². The molecule has 0 aliphatic heterocycles. The molecule has 6 nitrogen and oxygen atoms in total. The van der Waals surface area contributed by atoms with Crippen LogP contribution >= 0.6 is 23.2 Å². The Morgan fingerprint density at radius 3 is 2.26 bits per heavy atom. The van der Waals surface area contributed by atoms with Gasteiger partial charge in [0.1, 0.15) is 22.7 Å². The van der Waals surface area contributed by atoms with Gasteiger partial charge in [0.25, 0.3) is 0 Å². The number of ether oxygens (including phenoxy) is 1. The second kappa shape index (κ2) is 7.22. The summed E-state index contributed by atoms with van der Waals surface area (Å²) in [4.78, 5) is 24.2. The molecule has 0 aromatic heterocycles. The lowest BCUT2D eigenvalue weighted by atomic mass is 10.2. The summed E-state index contributed by atoms with van der Waals surface area (Å²) in [5.74, 6) is -0.608. The number of carbonyl (C=O) groups is 2. The normalized spacial score (nSPS) is 10.2. The summed E-state index contributed by atoms with van der Waals surface area (Å²) in [5, 5.41) is 10.8. The Balaban J connectivity index is 4.47. The third-order valence-electron chi connectivity index (χ3n) is 1.65. The summed E-state index contributed by atoms with van der Waals surface area (Å²) in [6, 6.07) is 1.62. The van der Waals surface area contributed by atoms with Crippen molar-refractivity contribution in [1.29, 1.82) is 5.26 Å². The SMILES string of the molecule is CN(CC(=O)NC(C#N)=C(Cl)Cl)C(=O)OC(C)(C)C. The molecule has 0 saturated heterocycles. The average Bonchev–Trinajstić information content (AvgIpc) is 2.22. The third-order valence-corrected chi connectivity index (χ3v) is 2.03.